The van der Waals surface area contributed by atoms with Gasteiger partial charge in [-0.1, -0.05) is 13.0 Å². The highest BCUT2D eigenvalue weighted by molar-refractivity contribution is 5.70. The van der Waals surface area contributed by atoms with Crippen LogP contribution in [0.2, 0.25) is 0 Å². The van der Waals surface area contributed by atoms with Crippen molar-refractivity contribution < 1.29 is 24.1 Å². The van der Waals surface area contributed by atoms with Gasteiger partial charge in [0.25, 0.3) is 0 Å². The lowest BCUT2D eigenvalue weighted by atomic mass is 9.90. The second-order valence-corrected chi connectivity index (χ2v) is 6.00. The Labute approximate surface area is 150 Å². The van der Waals surface area contributed by atoms with Crippen molar-refractivity contribution in [3.63, 3.8) is 0 Å². The lowest BCUT2D eigenvalue weighted by Gasteiger charge is -2.21. The van der Waals surface area contributed by atoms with Crippen molar-refractivity contribution in [2.45, 2.75) is 40.5 Å². The minimum absolute atomic E-state index is 0.144. The van der Waals surface area contributed by atoms with E-state index in [2.05, 4.69) is 0 Å². The van der Waals surface area contributed by atoms with Gasteiger partial charge < -0.3 is 25.1 Å². The molecule has 1 rings (SSSR count). The molecule has 1 aromatic rings. The fourth-order valence-corrected chi connectivity index (χ4v) is 2.84. The summed E-state index contributed by atoms with van der Waals surface area (Å²) in [5.41, 5.74) is 6.56. The fraction of sp³-hybridized carbons (Fsp3) is 0.632. The number of aliphatic carboxylic acids is 1. The predicted molar refractivity (Wildman–Crippen MR) is 97.6 cm³/mol. The van der Waals surface area contributed by atoms with Crippen molar-refractivity contribution in [3.8, 4) is 17.2 Å². The predicted octanol–water partition coefficient (Wildman–Crippen LogP) is 3.11. The van der Waals surface area contributed by atoms with Gasteiger partial charge in [-0.3, -0.25) is 4.79 Å². The van der Waals surface area contributed by atoms with Crippen molar-refractivity contribution in [2.24, 2.45) is 17.6 Å². The highest BCUT2D eigenvalue weighted by atomic mass is 16.5. The van der Waals surface area contributed by atoms with Crippen LogP contribution in [0.1, 0.15) is 39.7 Å². The quantitative estimate of drug-likeness (QED) is 0.600. The molecule has 2 atom stereocenters. The molecular formula is C19H31NO5. The van der Waals surface area contributed by atoms with Crippen LogP contribution in [0.15, 0.2) is 12.1 Å². The number of carboxylic acids is 1. The third-order valence-electron chi connectivity index (χ3n) is 3.92. The molecule has 0 saturated carbocycles. The van der Waals surface area contributed by atoms with Gasteiger partial charge in [-0.2, -0.15) is 0 Å². The van der Waals surface area contributed by atoms with E-state index in [0.29, 0.717) is 49.9 Å². The van der Waals surface area contributed by atoms with Crippen molar-refractivity contribution in [1.82, 2.24) is 0 Å². The van der Waals surface area contributed by atoms with Gasteiger partial charge in [0.05, 0.1) is 25.7 Å². The number of nitrogens with two attached hydrogens (primary N) is 1. The first-order valence-electron chi connectivity index (χ1n) is 8.95. The molecule has 0 saturated heterocycles. The molecule has 6 heteroatoms. The van der Waals surface area contributed by atoms with E-state index in [1.165, 1.54) is 0 Å². The first kappa shape index (κ1) is 21.1. The van der Waals surface area contributed by atoms with E-state index in [1.54, 1.807) is 0 Å². The van der Waals surface area contributed by atoms with Gasteiger partial charge in [-0.05, 0) is 51.2 Å². The molecule has 0 radical (unpaired) electrons. The van der Waals surface area contributed by atoms with Crippen LogP contribution in [0.5, 0.6) is 17.2 Å². The molecule has 0 aliphatic rings. The largest absolute Gasteiger partial charge is 0.490 e. The van der Waals surface area contributed by atoms with Gasteiger partial charge in [0.1, 0.15) is 0 Å². The van der Waals surface area contributed by atoms with Crippen molar-refractivity contribution in [2.75, 3.05) is 26.4 Å². The number of hydrogen-bond acceptors (Lipinski definition) is 5. The van der Waals surface area contributed by atoms with Gasteiger partial charge in [0.2, 0.25) is 5.75 Å². The van der Waals surface area contributed by atoms with Crippen LogP contribution in [0.25, 0.3) is 0 Å². The number of rotatable bonds is 12. The van der Waals surface area contributed by atoms with Gasteiger partial charge >= 0.3 is 5.97 Å². The number of carbonyl (C=O) groups is 1. The van der Waals surface area contributed by atoms with Crippen molar-refractivity contribution in [3.05, 3.63) is 17.7 Å². The first-order chi connectivity index (χ1) is 12.0. The van der Waals surface area contributed by atoms with Crippen molar-refractivity contribution in [1.29, 1.82) is 0 Å². The maximum atomic E-state index is 11.2. The second kappa shape index (κ2) is 10.8. The molecular weight excluding hydrogens is 322 g/mol. The molecule has 0 bridgehead atoms. The van der Waals surface area contributed by atoms with Crippen LogP contribution in [0, 0.1) is 11.8 Å². The topological polar surface area (TPSA) is 91.0 Å². The zero-order chi connectivity index (χ0) is 18.8. The highest BCUT2D eigenvalue weighted by Crippen LogP contribution is 2.41. The Balaban J connectivity index is 3.08. The number of benzene rings is 1. The molecule has 2 unspecified atom stereocenters. The summed E-state index contributed by atoms with van der Waals surface area (Å²) in [6.07, 6.45) is 1.21. The van der Waals surface area contributed by atoms with Crippen LogP contribution >= 0.6 is 0 Å². The minimum Gasteiger partial charge on any atom is -0.490 e. The lowest BCUT2D eigenvalue weighted by molar-refractivity contribution is -0.141. The van der Waals surface area contributed by atoms with Crippen LogP contribution in [-0.2, 0) is 11.2 Å². The molecule has 6 nitrogen and oxygen atoms in total. The summed E-state index contributed by atoms with van der Waals surface area (Å²) >= 11 is 0. The minimum atomic E-state index is -0.846. The average molecular weight is 353 g/mol. The SMILES string of the molecule is CCOc1ccc(CC(C)CC(CN)C(=O)O)c(OCC)c1OCC. The number of ether oxygens (including phenoxy) is 3. The Morgan fingerprint density at radius 3 is 2.20 bits per heavy atom. The van der Waals surface area contributed by atoms with Crippen molar-refractivity contribution >= 4 is 5.97 Å². The second-order valence-electron chi connectivity index (χ2n) is 6.00. The summed E-state index contributed by atoms with van der Waals surface area (Å²) in [7, 11) is 0. The Bertz CT molecular complexity index is 547. The Kier molecular flexibility index (Phi) is 9.13. The molecule has 1 aromatic carbocycles. The third-order valence-corrected chi connectivity index (χ3v) is 3.92. The highest BCUT2D eigenvalue weighted by Gasteiger charge is 2.22. The Morgan fingerprint density at radius 2 is 1.68 bits per heavy atom. The number of carboxylic acid groups (broad SMARTS) is 1. The zero-order valence-electron chi connectivity index (χ0n) is 15.7. The molecule has 0 spiro atoms. The van der Waals surface area contributed by atoms with E-state index >= 15 is 0 Å². The fourth-order valence-electron chi connectivity index (χ4n) is 2.84. The van der Waals surface area contributed by atoms with E-state index in [-0.39, 0.29) is 12.5 Å². The van der Waals surface area contributed by atoms with Gasteiger partial charge in [-0.15, -0.1) is 0 Å². The maximum Gasteiger partial charge on any atom is 0.307 e. The maximum absolute atomic E-state index is 11.2. The summed E-state index contributed by atoms with van der Waals surface area (Å²) in [5, 5.41) is 9.20. The third kappa shape index (κ3) is 6.12. The summed E-state index contributed by atoms with van der Waals surface area (Å²) in [6, 6.07) is 3.85. The molecule has 142 valence electrons. The standard InChI is InChI=1S/C19H31NO5/c1-5-23-16-9-8-14(17(24-6-2)18(16)25-7-3)10-13(4)11-15(12-20)19(21)22/h8-9,13,15H,5-7,10-12,20H2,1-4H3,(H,21,22). The zero-order valence-corrected chi connectivity index (χ0v) is 15.7. The molecule has 0 aliphatic carbocycles. The van der Waals surface area contributed by atoms with E-state index in [0.717, 1.165) is 5.56 Å². The van der Waals surface area contributed by atoms with E-state index in [9.17, 15) is 9.90 Å². The summed E-state index contributed by atoms with van der Waals surface area (Å²) in [4.78, 5) is 11.2. The molecule has 0 heterocycles. The molecule has 25 heavy (non-hydrogen) atoms. The number of hydrogen-bond donors (Lipinski definition) is 2. The molecule has 0 fully saturated rings. The van der Waals surface area contributed by atoms with E-state index in [4.69, 9.17) is 19.9 Å². The van der Waals surface area contributed by atoms with Crippen LogP contribution in [-0.4, -0.2) is 37.4 Å². The normalized spacial score (nSPS) is 13.2. The monoisotopic (exact) mass is 353 g/mol. The van der Waals surface area contributed by atoms with Crippen LogP contribution in [0.4, 0.5) is 0 Å². The first-order valence-corrected chi connectivity index (χ1v) is 8.95. The molecule has 3 N–H and O–H groups in total. The summed E-state index contributed by atoms with van der Waals surface area (Å²) < 4.78 is 17.3. The molecule has 0 aromatic heterocycles. The molecule has 0 aliphatic heterocycles. The lowest BCUT2D eigenvalue weighted by Crippen LogP contribution is -2.25. The van der Waals surface area contributed by atoms with Crippen LogP contribution < -0.4 is 19.9 Å². The van der Waals surface area contributed by atoms with Gasteiger partial charge in [0.15, 0.2) is 11.5 Å². The Hall–Kier alpha value is -1.95. The average Bonchev–Trinajstić information content (AvgIpc) is 2.57. The van der Waals surface area contributed by atoms with Crippen LogP contribution in [0.3, 0.4) is 0 Å². The van der Waals surface area contributed by atoms with Gasteiger partial charge in [-0.25, -0.2) is 0 Å². The van der Waals surface area contributed by atoms with Gasteiger partial charge in [0, 0.05) is 6.54 Å². The summed E-state index contributed by atoms with van der Waals surface area (Å²) in [6.45, 7) is 9.49. The summed E-state index contributed by atoms with van der Waals surface area (Å²) in [5.74, 6) is 0.734. The smallest absolute Gasteiger partial charge is 0.307 e. The Morgan fingerprint density at radius 1 is 1.08 bits per heavy atom. The molecule has 0 amide bonds. The van der Waals surface area contributed by atoms with E-state index < -0.39 is 11.9 Å². The van der Waals surface area contributed by atoms with E-state index in [1.807, 2.05) is 39.8 Å².